The molecule has 0 spiro atoms. The number of halogens is 1. The molecule has 0 saturated heterocycles. The van der Waals surface area contributed by atoms with E-state index in [1.807, 2.05) is 17.5 Å². The summed E-state index contributed by atoms with van der Waals surface area (Å²) in [6, 6.07) is 3.73. The maximum absolute atomic E-state index is 11.0. The standard InChI is InChI=1S/C10H8ClN3OS/c11-5-9(15)14-10-13-8(6-16-10)7-1-3-12-4-2-7/h1-4,6H,5H2,(H,13,14,15). The first kappa shape index (κ1) is 11.0. The van der Waals surface area contributed by atoms with Gasteiger partial charge < -0.3 is 5.32 Å². The lowest BCUT2D eigenvalue weighted by atomic mass is 10.2. The Kier molecular flexibility index (Phi) is 3.48. The molecule has 0 aliphatic rings. The van der Waals surface area contributed by atoms with Gasteiger partial charge in [0.2, 0.25) is 5.91 Å². The number of amides is 1. The van der Waals surface area contributed by atoms with E-state index in [9.17, 15) is 4.79 Å². The zero-order valence-corrected chi connectivity index (χ0v) is 9.76. The Balaban J connectivity index is 2.17. The topological polar surface area (TPSA) is 54.9 Å². The number of rotatable bonds is 3. The molecule has 0 aromatic carbocycles. The zero-order chi connectivity index (χ0) is 11.4. The summed E-state index contributed by atoms with van der Waals surface area (Å²) < 4.78 is 0. The van der Waals surface area contributed by atoms with E-state index in [0.717, 1.165) is 11.3 Å². The number of anilines is 1. The van der Waals surface area contributed by atoms with Gasteiger partial charge in [0.1, 0.15) is 5.88 Å². The average Bonchev–Trinajstić information content (AvgIpc) is 2.78. The molecule has 82 valence electrons. The Labute approximate surface area is 101 Å². The molecule has 0 radical (unpaired) electrons. The van der Waals surface area contributed by atoms with Gasteiger partial charge in [-0.2, -0.15) is 0 Å². The lowest BCUT2D eigenvalue weighted by Gasteiger charge is -1.96. The normalized spacial score (nSPS) is 10.1. The molecule has 0 unspecified atom stereocenters. The third-order valence-corrected chi connectivity index (χ3v) is 2.85. The van der Waals surface area contributed by atoms with Crippen LogP contribution in [0.2, 0.25) is 0 Å². The fourth-order valence-electron chi connectivity index (χ4n) is 1.14. The Morgan fingerprint density at radius 3 is 2.88 bits per heavy atom. The fourth-order valence-corrected chi connectivity index (χ4v) is 1.94. The lowest BCUT2D eigenvalue weighted by Crippen LogP contribution is -2.12. The van der Waals surface area contributed by atoms with Crippen LogP contribution in [0, 0.1) is 0 Å². The van der Waals surface area contributed by atoms with Crippen molar-refractivity contribution in [3.63, 3.8) is 0 Å². The highest BCUT2D eigenvalue weighted by Crippen LogP contribution is 2.24. The summed E-state index contributed by atoms with van der Waals surface area (Å²) in [4.78, 5) is 19.2. The first-order chi connectivity index (χ1) is 7.79. The van der Waals surface area contributed by atoms with Crippen molar-refractivity contribution in [1.29, 1.82) is 0 Å². The first-order valence-electron chi connectivity index (χ1n) is 4.51. The summed E-state index contributed by atoms with van der Waals surface area (Å²) in [6.45, 7) is 0. The van der Waals surface area contributed by atoms with E-state index in [2.05, 4.69) is 15.3 Å². The Morgan fingerprint density at radius 1 is 1.44 bits per heavy atom. The Morgan fingerprint density at radius 2 is 2.19 bits per heavy atom. The van der Waals surface area contributed by atoms with Gasteiger partial charge >= 0.3 is 0 Å². The van der Waals surface area contributed by atoms with Gasteiger partial charge in [-0.15, -0.1) is 22.9 Å². The molecular formula is C10H8ClN3OS. The van der Waals surface area contributed by atoms with Crippen LogP contribution in [0.25, 0.3) is 11.3 Å². The molecule has 0 fully saturated rings. The number of nitrogens with one attached hydrogen (secondary N) is 1. The van der Waals surface area contributed by atoms with E-state index in [0.29, 0.717) is 5.13 Å². The largest absolute Gasteiger partial charge is 0.301 e. The van der Waals surface area contributed by atoms with Gasteiger partial charge in [-0.3, -0.25) is 9.78 Å². The van der Waals surface area contributed by atoms with E-state index in [1.54, 1.807) is 12.4 Å². The number of thiazole rings is 1. The van der Waals surface area contributed by atoms with Crippen molar-refractivity contribution in [2.45, 2.75) is 0 Å². The number of nitrogens with zero attached hydrogens (tertiary/aromatic N) is 2. The van der Waals surface area contributed by atoms with Gasteiger partial charge in [-0.05, 0) is 12.1 Å². The number of carbonyl (C=O) groups is 1. The molecule has 0 bridgehead atoms. The number of carbonyl (C=O) groups excluding carboxylic acids is 1. The van der Waals surface area contributed by atoms with Crippen LogP contribution in [0.4, 0.5) is 5.13 Å². The van der Waals surface area contributed by atoms with Gasteiger partial charge in [-0.25, -0.2) is 4.98 Å². The number of hydrogen-bond donors (Lipinski definition) is 1. The molecule has 2 aromatic rings. The summed E-state index contributed by atoms with van der Waals surface area (Å²) in [5.74, 6) is -0.318. The van der Waals surface area contributed by atoms with Crippen LogP contribution in [0.5, 0.6) is 0 Å². The Bertz CT molecular complexity index is 486. The van der Waals surface area contributed by atoms with Crippen LogP contribution < -0.4 is 5.32 Å². The highest BCUT2D eigenvalue weighted by atomic mass is 35.5. The fraction of sp³-hybridized carbons (Fsp3) is 0.100. The quantitative estimate of drug-likeness (QED) is 0.855. The number of pyridine rings is 1. The monoisotopic (exact) mass is 253 g/mol. The SMILES string of the molecule is O=C(CCl)Nc1nc(-c2ccncc2)cs1. The molecule has 0 atom stereocenters. The van der Waals surface area contributed by atoms with Crippen LogP contribution in [0.1, 0.15) is 0 Å². The minimum Gasteiger partial charge on any atom is -0.301 e. The highest BCUT2D eigenvalue weighted by Gasteiger charge is 2.06. The molecule has 6 heteroatoms. The van der Waals surface area contributed by atoms with Crippen LogP contribution in [-0.2, 0) is 4.79 Å². The summed E-state index contributed by atoms with van der Waals surface area (Å²) in [5, 5.41) is 5.03. The van der Waals surface area contributed by atoms with Gasteiger partial charge in [-0.1, -0.05) is 0 Å². The summed E-state index contributed by atoms with van der Waals surface area (Å²) >= 11 is 6.75. The molecule has 1 N–H and O–H groups in total. The third-order valence-electron chi connectivity index (χ3n) is 1.85. The molecule has 0 saturated carbocycles. The average molecular weight is 254 g/mol. The molecule has 1 amide bonds. The molecule has 4 nitrogen and oxygen atoms in total. The highest BCUT2D eigenvalue weighted by molar-refractivity contribution is 7.14. The van der Waals surface area contributed by atoms with E-state index in [1.165, 1.54) is 11.3 Å². The van der Waals surface area contributed by atoms with Crippen molar-refractivity contribution in [2.75, 3.05) is 11.2 Å². The van der Waals surface area contributed by atoms with Gasteiger partial charge in [0.15, 0.2) is 5.13 Å². The minimum atomic E-state index is -0.253. The van der Waals surface area contributed by atoms with Crippen molar-refractivity contribution >= 4 is 34.0 Å². The second-order valence-electron chi connectivity index (χ2n) is 2.96. The minimum absolute atomic E-state index is 0.0653. The third kappa shape index (κ3) is 2.56. The summed E-state index contributed by atoms with van der Waals surface area (Å²) in [6.07, 6.45) is 3.40. The van der Waals surface area contributed by atoms with Crippen molar-refractivity contribution in [1.82, 2.24) is 9.97 Å². The predicted molar refractivity (Wildman–Crippen MR) is 64.7 cm³/mol. The molecule has 2 aromatic heterocycles. The number of aromatic nitrogens is 2. The van der Waals surface area contributed by atoms with Gasteiger partial charge in [0, 0.05) is 23.3 Å². The molecule has 2 rings (SSSR count). The van der Waals surface area contributed by atoms with E-state index in [4.69, 9.17) is 11.6 Å². The smallest absolute Gasteiger partial charge is 0.241 e. The Hall–Kier alpha value is -1.46. The van der Waals surface area contributed by atoms with E-state index in [-0.39, 0.29) is 11.8 Å². The van der Waals surface area contributed by atoms with Crippen LogP contribution >= 0.6 is 22.9 Å². The van der Waals surface area contributed by atoms with Crippen molar-refractivity contribution in [3.8, 4) is 11.3 Å². The van der Waals surface area contributed by atoms with Gasteiger partial charge in [0.05, 0.1) is 5.69 Å². The molecular weight excluding hydrogens is 246 g/mol. The maximum Gasteiger partial charge on any atom is 0.241 e. The maximum atomic E-state index is 11.0. The van der Waals surface area contributed by atoms with Crippen LogP contribution in [0.15, 0.2) is 29.9 Å². The van der Waals surface area contributed by atoms with Crippen LogP contribution in [0.3, 0.4) is 0 Å². The van der Waals surface area contributed by atoms with Crippen molar-refractivity contribution in [2.24, 2.45) is 0 Å². The van der Waals surface area contributed by atoms with E-state index >= 15 is 0 Å². The summed E-state index contributed by atoms with van der Waals surface area (Å²) in [7, 11) is 0. The number of alkyl halides is 1. The van der Waals surface area contributed by atoms with Gasteiger partial charge in [0.25, 0.3) is 0 Å². The van der Waals surface area contributed by atoms with Crippen molar-refractivity contribution in [3.05, 3.63) is 29.9 Å². The summed E-state index contributed by atoms with van der Waals surface area (Å²) in [5.41, 5.74) is 1.79. The number of hydrogen-bond acceptors (Lipinski definition) is 4. The zero-order valence-electron chi connectivity index (χ0n) is 8.18. The van der Waals surface area contributed by atoms with E-state index < -0.39 is 0 Å². The van der Waals surface area contributed by atoms with Crippen molar-refractivity contribution < 1.29 is 4.79 Å². The molecule has 0 aliphatic heterocycles. The second kappa shape index (κ2) is 5.05. The predicted octanol–water partition coefficient (Wildman–Crippen LogP) is 2.38. The molecule has 2 heterocycles. The molecule has 0 aliphatic carbocycles. The molecule has 16 heavy (non-hydrogen) atoms. The second-order valence-corrected chi connectivity index (χ2v) is 4.08. The van der Waals surface area contributed by atoms with Crippen LogP contribution in [-0.4, -0.2) is 21.8 Å². The first-order valence-corrected chi connectivity index (χ1v) is 5.93. The lowest BCUT2D eigenvalue weighted by molar-refractivity contribution is -0.113.